The summed E-state index contributed by atoms with van der Waals surface area (Å²) in [7, 11) is 1.79. The third-order valence-corrected chi connectivity index (χ3v) is 3.73. The number of hydrogen-bond donors (Lipinski definition) is 0. The molecule has 1 heterocycles. The first-order valence-corrected chi connectivity index (χ1v) is 6.56. The van der Waals surface area contributed by atoms with E-state index in [9.17, 15) is 9.59 Å². The fourth-order valence-corrected chi connectivity index (χ4v) is 2.08. The first-order chi connectivity index (χ1) is 8.00. The van der Waals surface area contributed by atoms with Crippen molar-refractivity contribution >= 4 is 28.5 Å². The number of aryl methyl sites for hydroxylation is 1. The van der Waals surface area contributed by atoms with Gasteiger partial charge < -0.3 is 4.90 Å². The normalized spacial score (nSPS) is 14.8. The Morgan fingerprint density at radius 1 is 1.65 bits per heavy atom. The van der Waals surface area contributed by atoms with Crippen LogP contribution in [-0.2, 0) is 11.3 Å². The van der Waals surface area contributed by atoms with Crippen molar-refractivity contribution in [3.8, 4) is 0 Å². The molecular weight excluding hydrogens is 333 g/mol. The van der Waals surface area contributed by atoms with Crippen LogP contribution in [-0.4, -0.2) is 33.4 Å². The van der Waals surface area contributed by atoms with Crippen LogP contribution < -0.4 is 5.56 Å². The van der Waals surface area contributed by atoms with Gasteiger partial charge in [0.05, 0.1) is 3.57 Å². The molecule has 0 aromatic carbocycles. The molecule has 1 saturated carbocycles. The van der Waals surface area contributed by atoms with E-state index in [0.717, 1.165) is 12.8 Å². The van der Waals surface area contributed by atoms with Gasteiger partial charge in [-0.1, -0.05) is 0 Å². The zero-order chi connectivity index (χ0) is 12.6. The third kappa shape index (κ3) is 2.67. The van der Waals surface area contributed by atoms with E-state index in [0.29, 0.717) is 15.4 Å². The molecule has 0 aliphatic heterocycles. The Morgan fingerprint density at radius 2 is 2.29 bits per heavy atom. The van der Waals surface area contributed by atoms with Crippen molar-refractivity contribution in [2.45, 2.75) is 32.4 Å². The molecule has 0 unspecified atom stereocenters. The van der Waals surface area contributed by atoms with Crippen molar-refractivity contribution in [1.29, 1.82) is 0 Å². The molecule has 0 saturated heterocycles. The Hall–Kier alpha value is -0.920. The van der Waals surface area contributed by atoms with E-state index in [-0.39, 0.29) is 18.0 Å². The second-order valence-electron chi connectivity index (χ2n) is 4.28. The minimum atomic E-state index is -0.143. The van der Waals surface area contributed by atoms with E-state index in [2.05, 4.69) is 4.98 Å². The van der Waals surface area contributed by atoms with Gasteiger partial charge >= 0.3 is 0 Å². The number of hydrogen-bond acceptors (Lipinski definition) is 3. The molecule has 0 N–H and O–H groups in total. The Morgan fingerprint density at radius 3 is 2.88 bits per heavy atom. The minimum Gasteiger partial charge on any atom is -0.341 e. The lowest BCUT2D eigenvalue weighted by Gasteiger charge is -2.17. The smallest absolute Gasteiger partial charge is 0.267 e. The number of rotatable bonds is 3. The zero-order valence-corrected chi connectivity index (χ0v) is 12.0. The molecule has 6 heteroatoms. The van der Waals surface area contributed by atoms with Crippen LogP contribution in [0.5, 0.6) is 0 Å². The Bertz CT molecular complexity index is 508. The van der Waals surface area contributed by atoms with Gasteiger partial charge in [-0.15, -0.1) is 0 Å². The van der Waals surface area contributed by atoms with E-state index in [1.165, 1.54) is 10.8 Å². The highest BCUT2D eigenvalue weighted by Crippen LogP contribution is 2.25. The van der Waals surface area contributed by atoms with Gasteiger partial charge in [0.2, 0.25) is 5.91 Å². The number of carbonyl (C=O) groups is 1. The summed E-state index contributed by atoms with van der Waals surface area (Å²) < 4.78 is 1.97. The quantitative estimate of drug-likeness (QED) is 0.760. The Labute approximate surface area is 113 Å². The second kappa shape index (κ2) is 4.75. The number of nitrogens with zero attached hydrogens (tertiary/aromatic N) is 3. The fourth-order valence-electron chi connectivity index (χ4n) is 1.65. The molecule has 2 rings (SSSR count). The molecule has 1 aliphatic carbocycles. The predicted molar refractivity (Wildman–Crippen MR) is 71.7 cm³/mol. The average Bonchev–Trinajstić information content (AvgIpc) is 3.12. The van der Waals surface area contributed by atoms with Gasteiger partial charge in [-0.2, -0.15) is 0 Å². The molecule has 0 bridgehead atoms. The van der Waals surface area contributed by atoms with Crippen molar-refractivity contribution in [2.24, 2.45) is 0 Å². The second-order valence-corrected chi connectivity index (χ2v) is 5.44. The third-order valence-electron chi connectivity index (χ3n) is 2.99. The zero-order valence-electron chi connectivity index (χ0n) is 9.81. The van der Waals surface area contributed by atoms with Crippen LogP contribution in [0.1, 0.15) is 18.7 Å². The van der Waals surface area contributed by atoms with Crippen molar-refractivity contribution in [3.63, 3.8) is 0 Å². The lowest BCUT2D eigenvalue weighted by atomic mass is 10.4. The molecule has 0 spiro atoms. The molecule has 1 fully saturated rings. The topological polar surface area (TPSA) is 55.2 Å². The number of halogens is 1. The number of carbonyl (C=O) groups excluding carboxylic acids is 1. The maximum Gasteiger partial charge on any atom is 0.267 e. The van der Waals surface area contributed by atoms with Gasteiger partial charge in [-0.05, 0) is 42.4 Å². The highest BCUT2D eigenvalue weighted by molar-refractivity contribution is 14.1. The summed E-state index contributed by atoms with van der Waals surface area (Å²) in [6, 6.07) is 0.370. The van der Waals surface area contributed by atoms with Crippen LogP contribution in [0, 0.1) is 10.5 Å². The Kier molecular flexibility index (Phi) is 3.50. The summed E-state index contributed by atoms with van der Waals surface area (Å²) in [6.07, 6.45) is 3.67. The van der Waals surface area contributed by atoms with Gasteiger partial charge in [-0.3, -0.25) is 14.2 Å². The molecular formula is C11H14IN3O2. The van der Waals surface area contributed by atoms with Gasteiger partial charge in [-0.25, -0.2) is 4.98 Å². The maximum absolute atomic E-state index is 11.9. The van der Waals surface area contributed by atoms with Crippen LogP contribution in [0.2, 0.25) is 0 Å². The highest BCUT2D eigenvalue weighted by atomic mass is 127. The molecule has 0 radical (unpaired) electrons. The SMILES string of the molecule is Cc1ncc(I)c(=O)n1CC(=O)N(C)C1CC1. The first-order valence-electron chi connectivity index (χ1n) is 5.48. The van der Waals surface area contributed by atoms with Gasteiger partial charge in [0.15, 0.2) is 0 Å². The minimum absolute atomic E-state index is 0.0264. The van der Waals surface area contributed by atoms with Gasteiger partial charge in [0, 0.05) is 19.3 Å². The lowest BCUT2D eigenvalue weighted by molar-refractivity contribution is -0.131. The largest absolute Gasteiger partial charge is 0.341 e. The molecule has 1 amide bonds. The monoisotopic (exact) mass is 347 g/mol. The fraction of sp³-hybridized carbons (Fsp3) is 0.545. The first kappa shape index (κ1) is 12.5. The summed E-state index contributed by atoms with van der Waals surface area (Å²) in [5, 5.41) is 0. The van der Waals surface area contributed by atoms with Crippen molar-refractivity contribution < 1.29 is 4.79 Å². The maximum atomic E-state index is 11.9. The highest BCUT2D eigenvalue weighted by Gasteiger charge is 2.29. The standard InChI is InChI=1S/C11H14IN3O2/c1-7-13-5-9(12)11(17)15(7)6-10(16)14(2)8-3-4-8/h5,8H,3-4,6H2,1-2H3. The van der Waals surface area contributed by atoms with E-state index in [4.69, 9.17) is 0 Å². The number of likely N-dealkylation sites (N-methyl/N-ethyl adjacent to an activating group) is 1. The molecule has 1 aliphatic rings. The molecule has 1 aromatic rings. The van der Waals surface area contributed by atoms with Crippen molar-refractivity contribution in [3.05, 3.63) is 25.9 Å². The number of aromatic nitrogens is 2. The van der Waals surface area contributed by atoms with Crippen LogP contribution in [0.3, 0.4) is 0 Å². The summed E-state index contributed by atoms with van der Waals surface area (Å²) in [4.78, 5) is 29.6. The van der Waals surface area contributed by atoms with E-state index < -0.39 is 0 Å². The molecule has 0 atom stereocenters. The lowest BCUT2D eigenvalue weighted by Crippen LogP contribution is -2.36. The van der Waals surface area contributed by atoms with Crippen LogP contribution >= 0.6 is 22.6 Å². The molecule has 92 valence electrons. The van der Waals surface area contributed by atoms with E-state index in [1.54, 1.807) is 18.9 Å². The average molecular weight is 347 g/mol. The Balaban J connectivity index is 2.20. The summed E-state index contributed by atoms with van der Waals surface area (Å²) in [5.41, 5.74) is -0.143. The molecule has 5 nitrogen and oxygen atoms in total. The molecule has 1 aromatic heterocycles. The summed E-state index contributed by atoms with van der Waals surface area (Å²) >= 11 is 1.94. The van der Waals surface area contributed by atoms with Crippen LogP contribution in [0.15, 0.2) is 11.0 Å². The number of amides is 1. The van der Waals surface area contributed by atoms with Crippen molar-refractivity contribution in [2.75, 3.05) is 7.05 Å². The van der Waals surface area contributed by atoms with E-state index >= 15 is 0 Å². The molecule has 17 heavy (non-hydrogen) atoms. The van der Waals surface area contributed by atoms with Crippen LogP contribution in [0.25, 0.3) is 0 Å². The summed E-state index contributed by atoms with van der Waals surface area (Å²) in [6.45, 7) is 1.82. The van der Waals surface area contributed by atoms with E-state index in [1.807, 2.05) is 22.6 Å². The van der Waals surface area contributed by atoms with Crippen molar-refractivity contribution in [1.82, 2.24) is 14.5 Å². The van der Waals surface area contributed by atoms with Gasteiger partial charge in [0.1, 0.15) is 12.4 Å². The summed E-state index contributed by atoms with van der Waals surface area (Å²) in [5.74, 6) is 0.550. The van der Waals surface area contributed by atoms with Gasteiger partial charge in [0.25, 0.3) is 5.56 Å². The van der Waals surface area contributed by atoms with Crippen LogP contribution in [0.4, 0.5) is 0 Å². The predicted octanol–water partition coefficient (Wildman–Crippen LogP) is 0.777.